The second kappa shape index (κ2) is 4.28. The number of likely N-dealkylation sites (N-methyl/N-ethyl adjacent to an activating group) is 1. The van der Waals surface area contributed by atoms with Crippen LogP contribution in [-0.2, 0) is 4.79 Å². The van der Waals surface area contributed by atoms with E-state index in [-0.39, 0.29) is 11.4 Å². The molecule has 0 radical (unpaired) electrons. The molecule has 0 aromatic rings. The molecular formula is C10H21N3O. The predicted octanol–water partition coefficient (Wildman–Crippen LogP) is -0.208. The Balaban J connectivity index is 2.43. The van der Waals surface area contributed by atoms with Crippen LogP contribution in [0, 0.1) is 5.92 Å². The Labute approximate surface area is 85.8 Å². The first kappa shape index (κ1) is 11.5. The first-order chi connectivity index (χ1) is 6.48. The second-order valence-corrected chi connectivity index (χ2v) is 4.68. The van der Waals surface area contributed by atoms with Crippen molar-refractivity contribution in [3.05, 3.63) is 0 Å². The summed E-state index contributed by atoms with van der Waals surface area (Å²) in [4.78, 5) is 13.4. The van der Waals surface area contributed by atoms with Crippen LogP contribution in [0.3, 0.4) is 0 Å². The minimum absolute atomic E-state index is 0.0647. The monoisotopic (exact) mass is 199 g/mol. The molecule has 4 heteroatoms. The van der Waals surface area contributed by atoms with Crippen LogP contribution >= 0.6 is 0 Å². The number of nitrogens with two attached hydrogens (primary N) is 1. The molecule has 1 fully saturated rings. The quantitative estimate of drug-likeness (QED) is 0.644. The van der Waals surface area contributed by atoms with E-state index < -0.39 is 0 Å². The van der Waals surface area contributed by atoms with Crippen molar-refractivity contribution in [2.75, 3.05) is 27.2 Å². The van der Waals surface area contributed by atoms with Gasteiger partial charge in [0.05, 0.1) is 12.1 Å². The molecule has 14 heavy (non-hydrogen) atoms. The van der Waals surface area contributed by atoms with E-state index >= 15 is 0 Å². The molecule has 0 aromatic carbocycles. The summed E-state index contributed by atoms with van der Waals surface area (Å²) >= 11 is 0. The average Bonchev–Trinajstić information content (AvgIpc) is 2.84. The number of carbonyl (C=O) groups excluding carboxylic acids is 1. The van der Waals surface area contributed by atoms with Crippen LogP contribution in [0.4, 0.5) is 0 Å². The van der Waals surface area contributed by atoms with E-state index in [4.69, 9.17) is 5.73 Å². The molecule has 0 aromatic heterocycles. The Hall–Kier alpha value is -0.610. The molecule has 1 aliphatic rings. The minimum Gasteiger partial charge on any atom is -0.348 e. The van der Waals surface area contributed by atoms with Crippen molar-refractivity contribution in [3.63, 3.8) is 0 Å². The van der Waals surface area contributed by atoms with Crippen molar-refractivity contribution in [3.8, 4) is 0 Å². The molecule has 1 saturated carbocycles. The van der Waals surface area contributed by atoms with Crippen LogP contribution in [0.1, 0.15) is 19.8 Å². The van der Waals surface area contributed by atoms with Gasteiger partial charge in [-0.05, 0) is 39.8 Å². The summed E-state index contributed by atoms with van der Waals surface area (Å²) in [5, 5.41) is 3.03. The van der Waals surface area contributed by atoms with Crippen LogP contribution in [0.5, 0.6) is 0 Å². The van der Waals surface area contributed by atoms with Gasteiger partial charge in [-0.1, -0.05) is 0 Å². The molecule has 82 valence electrons. The van der Waals surface area contributed by atoms with Crippen molar-refractivity contribution in [2.24, 2.45) is 11.7 Å². The molecule has 3 N–H and O–H groups in total. The molecule has 4 nitrogen and oxygen atoms in total. The van der Waals surface area contributed by atoms with Gasteiger partial charge in [0.2, 0.25) is 5.91 Å². The highest BCUT2D eigenvalue weighted by Crippen LogP contribution is 2.38. The number of carbonyl (C=O) groups is 1. The third-order valence-corrected chi connectivity index (χ3v) is 2.79. The van der Waals surface area contributed by atoms with Gasteiger partial charge in [-0.2, -0.15) is 0 Å². The lowest BCUT2D eigenvalue weighted by molar-refractivity contribution is -0.123. The Morgan fingerprint density at radius 2 is 2.14 bits per heavy atom. The lowest BCUT2D eigenvalue weighted by Gasteiger charge is -2.30. The zero-order valence-corrected chi connectivity index (χ0v) is 9.34. The highest BCUT2D eigenvalue weighted by atomic mass is 16.2. The van der Waals surface area contributed by atoms with E-state index in [0.29, 0.717) is 19.0 Å². The average molecular weight is 199 g/mol. The van der Waals surface area contributed by atoms with E-state index in [0.717, 1.165) is 0 Å². The number of amides is 1. The van der Waals surface area contributed by atoms with Gasteiger partial charge in [-0.25, -0.2) is 0 Å². The summed E-state index contributed by atoms with van der Waals surface area (Å²) in [5.74, 6) is 0.647. The predicted molar refractivity (Wildman–Crippen MR) is 56.9 cm³/mol. The van der Waals surface area contributed by atoms with Gasteiger partial charge in [0.1, 0.15) is 0 Å². The summed E-state index contributed by atoms with van der Waals surface area (Å²) < 4.78 is 0. The number of hydrogen-bond acceptors (Lipinski definition) is 3. The molecule has 1 rings (SSSR count). The van der Waals surface area contributed by atoms with E-state index in [1.165, 1.54) is 12.8 Å². The third-order valence-electron chi connectivity index (χ3n) is 2.79. The van der Waals surface area contributed by atoms with E-state index in [9.17, 15) is 4.79 Å². The Morgan fingerprint density at radius 3 is 2.50 bits per heavy atom. The second-order valence-electron chi connectivity index (χ2n) is 4.68. The standard InChI is InChI=1S/C10H21N3O/c1-10(7-11,8-4-5-8)12-9(14)6-13(2)3/h8H,4-7,11H2,1-3H3,(H,12,14). The van der Waals surface area contributed by atoms with Crippen molar-refractivity contribution < 1.29 is 4.79 Å². The number of nitrogens with one attached hydrogen (secondary N) is 1. The van der Waals surface area contributed by atoms with Gasteiger partial charge in [-0.15, -0.1) is 0 Å². The van der Waals surface area contributed by atoms with Crippen LogP contribution < -0.4 is 11.1 Å². The third kappa shape index (κ3) is 2.96. The molecule has 0 saturated heterocycles. The molecule has 1 amide bonds. The Morgan fingerprint density at radius 1 is 1.57 bits per heavy atom. The summed E-state index contributed by atoms with van der Waals surface area (Å²) in [6, 6.07) is 0. The largest absolute Gasteiger partial charge is 0.348 e. The van der Waals surface area contributed by atoms with Crippen LogP contribution in [-0.4, -0.2) is 43.5 Å². The highest BCUT2D eigenvalue weighted by Gasteiger charge is 2.41. The van der Waals surface area contributed by atoms with Gasteiger partial charge in [0, 0.05) is 6.54 Å². The number of rotatable bonds is 5. The summed E-state index contributed by atoms with van der Waals surface area (Å²) in [6.45, 7) is 3.00. The Kier molecular flexibility index (Phi) is 3.50. The number of hydrogen-bond donors (Lipinski definition) is 2. The first-order valence-corrected chi connectivity index (χ1v) is 5.14. The molecular weight excluding hydrogens is 178 g/mol. The fourth-order valence-corrected chi connectivity index (χ4v) is 1.69. The van der Waals surface area contributed by atoms with Crippen molar-refractivity contribution in [1.29, 1.82) is 0 Å². The van der Waals surface area contributed by atoms with Crippen LogP contribution in [0.2, 0.25) is 0 Å². The van der Waals surface area contributed by atoms with Crippen molar-refractivity contribution in [1.82, 2.24) is 10.2 Å². The van der Waals surface area contributed by atoms with Crippen molar-refractivity contribution in [2.45, 2.75) is 25.3 Å². The first-order valence-electron chi connectivity index (χ1n) is 5.14. The van der Waals surface area contributed by atoms with Gasteiger partial charge in [0.25, 0.3) is 0 Å². The minimum atomic E-state index is -0.187. The zero-order chi connectivity index (χ0) is 10.8. The molecule has 1 aliphatic carbocycles. The maximum absolute atomic E-state index is 11.6. The maximum atomic E-state index is 11.6. The summed E-state index contributed by atoms with van der Waals surface area (Å²) in [7, 11) is 3.77. The van der Waals surface area contributed by atoms with Gasteiger partial charge >= 0.3 is 0 Å². The zero-order valence-electron chi connectivity index (χ0n) is 9.34. The topological polar surface area (TPSA) is 58.4 Å². The molecule has 0 aliphatic heterocycles. The SMILES string of the molecule is CN(C)CC(=O)NC(C)(CN)C1CC1. The highest BCUT2D eigenvalue weighted by molar-refractivity contribution is 5.78. The van der Waals surface area contributed by atoms with Gasteiger partial charge in [-0.3, -0.25) is 4.79 Å². The molecule has 0 bridgehead atoms. The molecule has 0 spiro atoms. The molecule has 1 atom stereocenters. The van der Waals surface area contributed by atoms with Crippen LogP contribution in [0.25, 0.3) is 0 Å². The fourth-order valence-electron chi connectivity index (χ4n) is 1.69. The lowest BCUT2D eigenvalue weighted by Crippen LogP contribution is -2.54. The lowest BCUT2D eigenvalue weighted by atomic mass is 9.96. The summed E-state index contributed by atoms with van der Waals surface area (Å²) in [5.41, 5.74) is 5.51. The molecule has 0 heterocycles. The van der Waals surface area contributed by atoms with Gasteiger partial charge < -0.3 is 16.0 Å². The van der Waals surface area contributed by atoms with Gasteiger partial charge in [0.15, 0.2) is 0 Å². The summed E-state index contributed by atoms with van der Waals surface area (Å²) in [6.07, 6.45) is 2.38. The number of nitrogens with zero attached hydrogens (tertiary/aromatic N) is 1. The fraction of sp³-hybridized carbons (Fsp3) is 0.900. The Bertz CT molecular complexity index is 213. The van der Waals surface area contributed by atoms with E-state index in [1.54, 1.807) is 0 Å². The maximum Gasteiger partial charge on any atom is 0.234 e. The molecule has 1 unspecified atom stereocenters. The normalized spacial score (nSPS) is 20.6. The van der Waals surface area contributed by atoms with Crippen molar-refractivity contribution >= 4 is 5.91 Å². The smallest absolute Gasteiger partial charge is 0.234 e. The van der Waals surface area contributed by atoms with E-state index in [1.807, 2.05) is 25.9 Å². The van der Waals surface area contributed by atoms with E-state index in [2.05, 4.69) is 5.32 Å². The van der Waals surface area contributed by atoms with Crippen LogP contribution in [0.15, 0.2) is 0 Å².